The SMILES string of the molecule is Cc1cccc(-c2[nH]c(CCc3ccc(C#N)cc3)nc2-c2ccc3c(c2)OCO3)n1. The zero-order valence-corrected chi connectivity index (χ0v) is 17.1. The third-order valence-electron chi connectivity index (χ3n) is 5.28. The molecule has 152 valence electrons. The number of hydrogen-bond donors (Lipinski definition) is 1. The number of fused-ring (bicyclic) bond motifs is 1. The molecule has 0 amide bonds. The molecule has 0 bridgehead atoms. The van der Waals surface area contributed by atoms with E-state index in [1.807, 2.05) is 67.6 Å². The van der Waals surface area contributed by atoms with Crippen LogP contribution in [0.15, 0.2) is 60.7 Å². The first kappa shape index (κ1) is 18.9. The molecule has 2 aromatic heterocycles. The zero-order valence-electron chi connectivity index (χ0n) is 17.1. The number of hydrogen-bond acceptors (Lipinski definition) is 5. The molecule has 0 spiro atoms. The monoisotopic (exact) mass is 408 g/mol. The van der Waals surface area contributed by atoms with Crippen molar-refractivity contribution in [3.8, 4) is 40.2 Å². The Morgan fingerprint density at radius 1 is 0.968 bits per heavy atom. The second kappa shape index (κ2) is 7.96. The molecule has 0 aliphatic carbocycles. The van der Waals surface area contributed by atoms with Crippen LogP contribution in [0.5, 0.6) is 11.5 Å². The van der Waals surface area contributed by atoms with Gasteiger partial charge >= 0.3 is 0 Å². The van der Waals surface area contributed by atoms with Crippen LogP contribution in [0.1, 0.15) is 22.6 Å². The molecule has 3 heterocycles. The Kier molecular flexibility index (Phi) is 4.85. The zero-order chi connectivity index (χ0) is 21.2. The van der Waals surface area contributed by atoms with E-state index in [0.717, 1.165) is 64.1 Å². The summed E-state index contributed by atoms with van der Waals surface area (Å²) in [6.07, 6.45) is 1.57. The van der Waals surface area contributed by atoms with Gasteiger partial charge in [0.15, 0.2) is 11.5 Å². The van der Waals surface area contributed by atoms with Crippen molar-refractivity contribution in [2.75, 3.05) is 6.79 Å². The van der Waals surface area contributed by atoms with Crippen molar-refractivity contribution in [3.63, 3.8) is 0 Å². The summed E-state index contributed by atoms with van der Waals surface area (Å²) in [5.74, 6) is 2.36. The standard InChI is InChI=1S/C25H20N4O2/c1-16-3-2-4-20(27-16)25-24(19-10-11-21-22(13-19)31-15-30-21)28-23(29-25)12-9-17-5-7-18(14-26)8-6-17/h2-8,10-11,13H,9,12,15H2,1H3,(H,28,29). The highest BCUT2D eigenvalue weighted by Crippen LogP contribution is 2.38. The molecule has 0 saturated carbocycles. The number of aryl methyl sites for hydroxylation is 3. The summed E-state index contributed by atoms with van der Waals surface area (Å²) in [6.45, 7) is 2.22. The highest BCUT2D eigenvalue weighted by Gasteiger charge is 2.19. The second-order valence-corrected chi connectivity index (χ2v) is 7.45. The molecular weight excluding hydrogens is 388 g/mol. The molecule has 0 radical (unpaired) electrons. The molecule has 1 aliphatic heterocycles. The van der Waals surface area contributed by atoms with Crippen molar-refractivity contribution in [3.05, 3.63) is 83.3 Å². The van der Waals surface area contributed by atoms with E-state index in [1.54, 1.807) is 0 Å². The van der Waals surface area contributed by atoms with Crippen molar-refractivity contribution < 1.29 is 9.47 Å². The number of aromatic nitrogens is 3. The van der Waals surface area contributed by atoms with E-state index >= 15 is 0 Å². The molecule has 5 rings (SSSR count). The van der Waals surface area contributed by atoms with Gasteiger partial charge in [0.25, 0.3) is 0 Å². The third kappa shape index (κ3) is 3.86. The minimum Gasteiger partial charge on any atom is -0.454 e. The van der Waals surface area contributed by atoms with Gasteiger partial charge in [-0.3, -0.25) is 4.98 Å². The Bertz CT molecular complexity index is 1290. The molecule has 0 unspecified atom stereocenters. The van der Waals surface area contributed by atoms with Gasteiger partial charge in [-0.1, -0.05) is 18.2 Å². The van der Waals surface area contributed by atoms with Crippen molar-refractivity contribution in [1.29, 1.82) is 5.26 Å². The van der Waals surface area contributed by atoms with Crippen LogP contribution in [0.4, 0.5) is 0 Å². The van der Waals surface area contributed by atoms with E-state index in [9.17, 15) is 0 Å². The van der Waals surface area contributed by atoms with Gasteiger partial charge in [-0.15, -0.1) is 0 Å². The smallest absolute Gasteiger partial charge is 0.231 e. The van der Waals surface area contributed by atoms with E-state index in [0.29, 0.717) is 5.56 Å². The maximum atomic E-state index is 8.98. The first-order chi connectivity index (χ1) is 15.2. The van der Waals surface area contributed by atoms with Crippen LogP contribution < -0.4 is 9.47 Å². The summed E-state index contributed by atoms with van der Waals surface area (Å²) >= 11 is 0. The number of H-pyrrole nitrogens is 1. The van der Waals surface area contributed by atoms with Crippen LogP contribution in [0, 0.1) is 18.3 Å². The molecule has 0 fully saturated rings. The molecule has 0 saturated heterocycles. The number of nitriles is 1. The summed E-state index contributed by atoms with van der Waals surface area (Å²) in [5.41, 5.74) is 6.30. The van der Waals surface area contributed by atoms with Crippen molar-refractivity contribution >= 4 is 0 Å². The quantitative estimate of drug-likeness (QED) is 0.511. The molecule has 31 heavy (non-hydrogen) atoms. The predicted molar refractivity (Wildman–Crippen MR) is 117 cm³/mol. The van der Waals surface area contributed by atoms with Crippen LogP contribution in [-0.2, 0) is 12.8 Å². The number of ether oxygens (including phenoxy) is 2. The lowest BCUT2D eigenvalue weighted by atomic mass is 10.1. The largest absolute Gasteiger partial charge is 0.454 e. The average Bonchev–Trinajstić information content (AvgIpc) is 3.44. The summed E-state index contributed by atoms with van der Waals surface area (Å²) in [7, 11) is 0. The van der Waals surface area contributed by atoms with Crippen LogP contribution in [-0.4, -0.2) is 21.7 Å². The maximum Gasteiger partial charge on any atom is 0.231 e. The van der Waals surface area contributed by atoms with E-state index in [4.69, 9.17) is 24.7 Å². The van der Waals surface area contributed by atoms with Gasteiger partial charge < -0.3 is 14.5 Å². The molecule has 0 atom stereocenters. The van der Waals surface area contributed by atoms with Gasteiger partial charge in [-0.05, 0) is 61.4 Å². The predicted octanol–water partition coefficient (Wildman–Crippen LogP) is 4.83. The number of imidazole rings is 1. The van der Waals surface area contributed by atoms with E-state index < -0.39 is 0 Å². The number of pyridine rings is 1. The lowest BCUT2D eigenvalue weighted by Crippen LogP contribution is -1.94. The van der Waals surface area contributed by atoms with Crippen molar-refractivity contribution in [2.24, 2.45) is 0 Å². The van der Waals surface area contributed by atoms with E-state index in [1.165, 1.54) is 0 Å². The maximum absolute atomic E-state index is 8.98. The van der Waals surface area contributed by atoms with Gasteiger partial charge in [0.2, 0.25) is 6.79 Å². The van der Waals surface area contributed by atoms with E-state index in [2.05, 4.69) is 11.1 Å². The second-order valence-electron chi connectivity index (χ2n) is 7.45. The Morgan fingerprint density at radius 2 is 1.81 bits per heavy atom. The topological polar surface area (TPSA) is 83.8 Å². The van der Waals surface area contributed by atoms with Crippen LogP contribution >= 0.6 is 0 Å². The van der Waals surface area contributed by atoms with Gasteiger partial charge in [-0.25, -0.2) is 4.98 Å². The molecular formula is C25H20N4O2. The molecule has 4 aromatic rings. The molecule has 6 nitrogen and oxygen atoms in total. The summed E-state index contributed by atoms with van der Waals surface area (Å²) in [4.78, 5) is 13.1. The number of benzene rings is 2. The van der Waals surface area contributed by atoms with Crippen LogP contribution in [0.2, 0.25) is 0 Å². The van der Waals surface area contributed by atoms with Crippen molar-refractivity contribution in [2.45, 2.75) is 19.8 Å². The summed E-state index contributed by atoms with van der Waals surface area (Å²) in [5, 5.41) is 8.98. The number of aromatic amines is 1. The van der Waals surface area contributed by atoms with Gasteiger partial charge in [0.1, 0.15) is 5.82 Å². The summed E-state index contributed by atoms with van der Waals surface area (Å²) in [6, 6.07) is 21.7. The fraction of sp³-hybridized carbons (Fsp3) is 0.160. The number of nitrogens with one attached hydrogen (secondary N) is 1. The minimum absolute atomic E-state index is 0.238. The highest BCUT2D eigenvalue weighted by molar-refractivity contribution is 5.78. The van der Waals surface area contributed by atoms with Crippen LogP contribution in [0.3, 0.4) is 0 Å². The lowest BCUT2D eigenvalue weighted by Gasteiger charge is -2.04. The molecule has 1 aliphatic rings. The Morgan fingerprint density at radius 3 is 2.61 bits per heavy atom. The third-order valence-corrected chi connectivity index (χ3v) is 5.28. The normalized spacial score (nSPS) is 12.0. The Hall–Kier alpha value is -4.11. The molecule has 1 N–H and O–H groups in total. The van der Waals surface area contributed by atoms with E-state index in [-0.39, 0.29) is 6.79 Å². The molecule has 6 heteroatoms. The fourth-order valence-electron chi connectivity index (χ4n) is 3.67. The minimum atomic E-state index is 0.238. The Labute approximate surface area is 180 Å². The van der Waals surface area contributed by atoms with Gasteiger partial charge in [-0.2, -0.15) is 5.26 Å². The first-order valence-corrected chi connectivity index (χ1v) is 10.1. The lowest BCUT2D eigenvalue weighted by molar-refractivity contribution is 0.174. The van der Waals surface area contributed by atoms with Crippen LogP contribution in [0.25, 0.3) is 22.6 Å². The number of rotatable bonds is 5. The fourth-order valence-corrected chi connectivity index (χ4v) is 3.67. The average molecular weight is 408 g/mol. The van der Waals surface area contributed by atoms with Crippen molar-refractivity contribution in [1.82, 2.24) is 15.0 Å². The van der Waals surface area contributed by atoms with Gasteiger partial charge in [0, 0.05) is 17.7 Å². The first-order valence-electron chi connectivity index (χ1n) is 10.1. The number of nitrogens with zero attached hydrogens (tertiary/aromatic N) is 3. The molecule has 2 aromatic carbocycles. The van der Waals surface area contributed by atoms with Gasteiger partial charge in [0.05, 0.1) is 28.7 Å². The Balaban J connectivity index is 1.49. The summed E-state index contributed by atoms with van der Waals surface area (Å²) < 4.78 is 11.0. The highest BCUT2D eigenvalue weighted by atomic mass is 16.7.